The van der Waals surface area contributed by atoms with E-state index >= 15 is 0 Å². The third kappa shape index (κ3) is 3.16. The number of nitrogens with zero attached hydrogens (tertiary/aromatic N) is 1. The maximum absolute atomic E-state index is 8.95. The number of hydrogen-bond acceptors (Lipinski definition) is 4. The molecule has 0 aromatic carbocycles. The SMILES string of the molecule is COC(OC)C(C)NC1CCCC1C#N. The van der Waals surface area contributed by atoms with E-state index in [1.165, 1.54) is 0 Å². The summed E-state index contributed by atoms with van der Waals surface area (Å²) in [5.74, 6) is 0.141. The van der Waals surface area contributed by atoms with E-state index < -0.39 is 0 Å². The molecule has 0 radical (unpaired) electrons. The third-order valence-electron chi connectivity index (χ3n) is 3.03. The second-order valence-corrected chi connectivity index (χ2v) is 4.07. The Morgan fingerprint density at radius 3 is 2.53 bits per heavy atom. The van der Waals surface area contributed by atoms with Crippen molar-refractivity contribution in [1.82, 2.24) is 5.32 Å². The first kappa shape index (κ1) is 12.4. The highest BCUT2D eigenvalue weighted by Crippen LogP contribution is 2.25. The summed E-state index contributed by atoms with van der Waals surface area (Å²) in [6.45, 7) is 2.02. The van der Waals surface area contributed by atoms with E-state index in [1.807, 2.05) is 6.92 Å². The summed E-state index contributed by atoms with van der Waals surface area (Å²) < 4.78 is 10.3. The lowest BCUT2D eigenvalue weighted by Gasteiger charge is -2.26. The van der Waals surface area contributed by atoms with Gasteiger partial charge in [0, 0.05) is 20.3 Å². The Bertz CT molecular complexity index is 223. The molecule has 0 spiro atoms. The Morgan fingerprint density at radius 2 is 2.00 bits per heavy atom. The number of ether oxygens (including phenoxy) is 2. The quantitative estimate of drug-likeness (QED) is 0.697. The maximum atomic E-state index is 8.95. The van der Waals surface area contributed by atoms with Gasteiger partial charge < -0.3 is 14.8 Å². The molecule has 3 atom stereocenters. The topological polar surface area (TPSA) is 54.3 Å². The van der Waals surface area contributed by atoms with Gasteiger partial charge in [-0.1, -0.05) is 6.42 Å². The van der Waals surface area contributed by atoms with Crippen molar-refractivity contribution >= 4 is 0 Å². The molecule has 4 heteroatoms. The molecular weight excluding hydrogens is 192 g/mol. The number of nitriles is 1. The predicted molar refractivity (Wildman–Crippen MR) is 57.1 cm³/mol. The summed E-state index contributed by atoms with van der Waals surface area (Å²) in [7, 11) is 3.26. The second kappa shape index (κ2) is 6.06. The molecule has 15 heavy (non-hydrogen) atoms. The number of rotatable bonds is 5. The van der Waals surface area contributed by atoms with Gasteiger partial charge in [0.15, 0.2) is 6.29 Å². The van der Waals surface area contributed by atoms with Crippen molar-refractivity contribution in [3.05, 3.63) is 0 Å². The van der Waals surface area contributed by atoms with Crippen LogP contribution >= 0.6 is 0 Å². The van der Waals surface area contributed by atoms with Crippen LogP contribution in [0.4, 0.5) is 0 Å². The largest absolute Gasteiger partial charge is 0.354 e. The van der Waals surface area contributed by atoms with Gasteiger partial charge in [0.05, 0.1) is 18.0 Å². The Kier molecular flexibility index (Phi) is 5.03. The monoisotopic (exact) mass is 212 g/mol. The van der Waals surface area contributed by atoms with E-state index in [4.69, 9.17) is 14.7 Å². The van der Waals surface area contributed by atoms with E-state index in [2.05, 4.69) is 11.4 Å². The number of methoxy groups -OCH3 is 2. The molecule has 1 aliphatic carbocycles. The molecule has 1 aliphatic rings. The van der Waals surface area contributed by atoms with Gasteiger partial charge in [-0.15, -0.1) is 0 Å². The van der Waals surface area contributed by atoms with Crippen LogP contribution in [-0.4, -0.2) is 32.6 Å². The summed E-state index contributed by atoms with van der Waals surface area (Å²) in [6, 6.07) is 2.75. The maximum Gasteiger partial charge on any atom is 0.171 e. The summed E-state index contributed by atoms with van der Waals surface area (Å²) in [5.41, 5.74) is 0. The first-order valence-corrected chi connectivity index (χ1v) is 5.44. The average molecular weight is 212 g/mol. The lowest BCUT2D eigenvalue weighted by Crippen LogP contribution is -2.46. The number of hydrogen-bond donors (Lipinski definition) is 1. The van der Waals surface area contributed by atoms with E-state index in [-0.39, 0.29) is 24.3 Å². The lowest BCUT2D eigenvalue weighted by atomic mass is 10.0. The molecule has 0 heterocycles. The molecule has 0 amide bonds. The molecule has 4 nitrogen and oxygen atoms in total. The highest BCUT2D eigenvalue weighted by molar-refractivity contribution is 4.97. The fourth-order valence-electron chi connectivity index (χ4n) is 2.23. The minimum atomic E-state index is -0.245. The standard InChI is InChI=1S/C11H20N2O2/c1-8(11(14-2)15-3)13-10-6-4-5-9(10)7-12/h8-11,13H,4-6H2,1-3H3. The van der Waals surface area contributed by atoms with E-state index in [9.17, 15) is 0 Å². The van der Waals surface area contributed by atoms with Gasteiger partial charge in [0.2, 0.25) is 0 Å². The number of nitrogens with one attached hydrogen (secondary N) is 1. The molecule has 0 bridgehead atoms. The molecule has 3 unspecified atom stereocenters. The van der Waals surface area contributed by atoms with Crippen LogP contribution in [0.5, 0.6) is 0 Å². The van der Waals surface area contributed by atoms with E-state index in [0.29, 0.717) is 0 Å². The van der Waals surface area contributed by atoms with Gasteiger partial charge in [0.25, 0.3) is 0 Å². The molecule has 0 aromatic rings. The van der Waals surface area contributed by atoms with Gasteiger partial charge >= 0.3 is 0 Å². The second-order valence-electron chi connectivity index (χ2n) is 4.07. The molecule has 1 fully saturated rings. The molecular formula is C11H20N2O2. The molecule has 86 valence electrons. The average Bonchev–Trinajstić information content (AvgIpc) is 2.67. The van der Waals surface area contributed by atoms with Crippen molar-refractivity contribution < 1.29 is 9.47 Å². The normalized spacial score (nSPS) is 27.9. The molecule has 1 rings (SSSR count). The molecule has 0 aliphatic heterocycles. The Balaban J connectivity index is 2.43. The van der Waals surface area contributed by atoms with Gasteiger partial charge in [0.1, 0.15) is 0 Å². The lowest BCUT2D eigenvalue weighted by molar-refractivity contribution is -0.121. The van der Waals surface area contributed by atoms with Crippen molar-refractivity contribution in [2.75, 3.05) is 14.2 Å². The Hall–Kier alpha value is -0.630. The fourth-order valence-corrected chi connectivity index (χ4v) is 2.23. The van der Waals surface area contributed by atoms with E-state index in [0.717, 1.165) is 19.3 Å². The first-order valence-electron chi connectivity index (χ1n) is 5.44. The highest BCUT2D eigenvalue weighted by Gasteiger charge is 2.29. The van der Waals surface area contributed by atoms with Crippen LogP contribution in [0.1, 0.15) is 26.2 Å². The fraction of sp³-hybridized carbons (Fsp3) is 0.909. The molecule has 0 saturated heterocycles. The van der Waals surface area contributed by atoms with Gasteiger partial charge in [-0.2, -0.15) is 5.26 Å². The zero-order valence-electron chi connectivity index (χ0n) is 9.69. The van der Waals surface area contributed by atoms with Crippen LogP contribution in [0.3, 0.4) is 0 Å². The predicted octanol–water partition coefficient (Wildman–Crippen LogP) is 1.28. The van der Waals surface area contributed by atoms with Crippen molar-refractivity contribution in [2.45, 2.75) is 44.6 Å². The summed E-state index contributed by atoms with van der Waals surface area (Å²) >= 11 is 0. The van der Waals surface area contributed by atoms with Gasteiger partial charge in [-0.3, -0.25) is 0 Å². The van der Waals surface area contributed by atoms with Crippen molar-refractivity contribution in [2.24, 2.45) is 5.92 Å². The minimum Gasteiger partial charge on any atom is -0.354 e. The van der Waals surface area contributed by atoms with Crippen molar-refractivity contribution in [3.8, 4) is 6.07 Å². The Morgan fingerprint density at radius 1 is 1.33 bits per heavy atom. The summed E-state index contributed by atoms with van der Waals surface area (Å²) in [6.07, 6.45) is 2.96. The van der Waals surface area contributed by atoms with Crippen molar-refractivity contribution in [3.63, 3.8) is 0 Å². The Labute approximate surface area is 91.6 Å². The molecule has 1 N–H and O–H groups in total. The van der Waals surface area contributed by atoms with Crippen LogP contribution < -0.4 is 5.32 Å². The highest BCUT2D eigenvalue weighted by atomic mass is 16.7. The van der Waals surface area contributed by atoms with Crippen LogP contribution in [0.2, 0.25) is 0 Å². The molecule has 1 saturated carbocycles. The van der Waals surface area contributed by atoms with Crippen LogP contribution in [0.15, 0.2) is 0 Å². The minimum absolute atomic E-state index is 0.110. The summed E-state index contributed by atoms with van der Waals surface area (Å²) in [4.78, 5) is 0. The summed E-state index contributed by atoms with van der Waals surface area (Å²) in [5, 5.41) is 12.4. The van der Waals surface area contributed by atoms with E-state index in [1.54, 1.807) is 14.2 Å². The zero-order valence-corrected chi connectivity index (χ0v) is 9.69. The van der Waals surface area contributed by atoms with Gasteiger partial charge in [-0.05, 0) is 19.8 Å². The smallest absolute Gasteiger partial charge is 0.171 e. The third-order valence-corrected chi connectivity index (χ3v) is 3.03. The van der Waals surface area contributed by atoms with Crippen molar-refractivity contribution in [1.29, 1.82) is 5.26 Å². The zero-order chi connectivity index (χ0) is 11.3. The van der Waals surface area contributed by atoms with Crippen LogP contribution in [0, 0.1) is 17.2 Å². The van der Waals surface area contributed by atoms with Crippen LogP contribution in [-0.2, 0) is 9.47 Å². The molecule has 0 aromatic heterocycles. The van der Waals surface area contributed by atoms with Gasteiger partial charge in [-0.25, -0.2) is 0 Å². The van der Waals surface area contributed by atoms with Crippen LogP contribution in [0.25, 0.3) is 0 Å². The first-order chi connectivity index (χ1) is 7.22.